The number of amides is 2. The molecule has 0 aliphatic carbocycles. The van der Waals surface area contributed by atoms with Gasteiger partial charge in [0.15, 0.2) is 0 Å². The second-order valence-electron chi connectivity index (χ2n) is 5.59. The molecule has 6 heteroatoms. The maximum absolute atomic E-state index is 11.7. The van der Waals surface area contributed by atoms with Crippen LogP contribution in [-0.2, 0) is 4.79 Å². The predicted molar refractivity (Wildman–Crippen MR) is 73.1 cm³/mol. The van der Waals surface area contributed by atoms with E-state index in [2.05, 4.69) is 15.5 Å². The number of carbonyl (C=O) groups excluding carboxylic acids is 1. The highest BCUT2D eigenvalue weighted by atomic mass is 16.4. The van der Waals surface area contributed by atoms with E-state index in [1.165, 1.54) is 12.8 Å². The summed E-state index contributed by atoms with van der Waals surface area (Å²) in [6.45, 7) is 8.45. The number of aliphatic carboxylic acids is 1. The highest BCUT2D eigenvalue weighted by Crippen LogP contribution is 2.07. The Morgan fingerprint density at radius 1 is 1.16 bits per heavy atom. The van der Waals surface area contributed by atoms with Crippen LogP contribution >= 0.6 is 0 Å². The second-order valence-corrected chi connectivity index (χ2v) is 5.59. The van der Waals surface area contributed by atoms with Gasteiger partial charge in [-0.3, -0.25) is 0 Å². The molecule has 1 aliphatic rings. The van der Waals surface area contributed by atoms with Gasteiger partial charge < -0.3 is 20.6 Å². The fourth-order valence-corrected chi connectivity index (χ4v) is 2.32. The van der Waals surface area contributed by atoms with Gasteiger partial charge in [-0.2, -0.15) is 0 Å². The average Bonchev–Trinajstić information content (AvgIpc) is 2.77. The van der Waals surface area contributed by atoms with Gasteiger partial charge in [-0.05, 0) is 38.8 Å². The van der Waals surface area contributed by atoms with Crippen molar-refractivity contribution in [1.29, 1.82) is 0 Å². The first-order valence-electron chi connectivity index (χ1n) is 6.92. The predicted octanol–water partition coefficient (Wildman–Crippen LogP) is 0.879. The lowest BCUT2D eigenvalue weighted by Crippen LogP contribution is -2.52. The number of carbonyl (C=O) groups is 2. The Bertz CT molecular complexity index is 314. The summed E-state index contributed by atoms with van der Waals surface area (Å²) in [6, 6.07) is -1.24. The third-order valence-electron chi connectivity index (χ3n) is 3.33. The van der Waals surface area contributed by atoms with E-state index in [1.54, 1.807) is 13.8 Å². The SMILES string of the molecule is CC(CN1CCCC1)NC(=O)N[C@@H](C(=O)O)C(C)C. The molecule has 110 valence electrons. The minimum atomic E-state index is -1.00. The number of carboxylic acid groups (broad SMARTS) is 1. The molecule has 0 saturated carbocycles. The van der Waals surface area contributed by atoms with Crippen molar-refractivity contribution in [2.24, 2.45) is 5.92 Å². The summed E-state index contributed by atoms with van der Waals surface area (Å²) in [6.07, 6.45) is 2.43. The molecule has 1 aliphatic heterocycles. The Morgan fingerprint density at radius 2 is 1.74 bits per heavy atom. The van der Waals surface area contributed by atoms with Crippen LogP contribution < -0.4 is 10.6 Å². The van der Waals surface area contributed by atoms with Crippen LogP contribution in [0.25, 0.3) is 0 Å². The van der Waals surface area contributed by atoms with Crippen LogP contribution in [-0.4, -0.2) is 53.7 Å². The van der Waals surface area contributed by atoms with Crippen molar-refractivity contribution in [1.82, 2.24) is 15.5 Å². The first-order valence-corrected chi connectivity index (χ1v) is 6.92. The standard InChI is InChI=1S/C13H25N3O3/c1-9(2)11(12(17)18)15-13(19)14-10(3)8-16-6-4-5-7-16/h9-11H,4-8H2,1-3H3,(H,17,18)(H2,14,15,19)/t10?,11-/m1/s1. The van der Waals surface area contributed by atoms with E-state index >= 15 is 0 Å². The molecule has 0 aromatic carbocycles. The molecule has 1 saturated heterocycles. The van der Waals surface area contributed by atoms with Gasteiger partial charge in [0.05, 0.1) is 0 Å². The average molecular weight is 271 g/mol. The van der Waals surface area contributed by atoms with Crippen LogP contribution in [0.15, 0.2) is 0 Å². The summed E-state index contributed by atoms with van der Waals surface area (Å²) in [5.41, 5.74) is 0. The van der Waals surface area contributed by atoms with E-state index < -0.39 is 18.0 Å². The highest BCUT2D eigenvalue weighted by molar-refractivity contribution is 5.82. The Labute approximate surface area is 114 Å². The maximum atomic E-state index is 11.7. The van der Waals surface area contributed by atoms with E-state index in [-0.39, 0.29) is 12.0 Å². The van der Waals surface area contributed by atoms with Crippen LogP contribution in [0.1, 0.15) is 33.6 Å². The number of carboxylic acids is 1. The monoisotopic (exact) mass is 271 g/mol. The third kappa shape index (κ3) is 5.46. The summed E-state index contributed by atoms with van der Waals surface area (Å²) < 4.78 is 0. The quantitative estimate of drug-likeness (QED) is 0.670. The van der Waals surface area contributed by atoms with Crippen LogP contribution in [0.2, 0.25) is 0 Å². The first kappa shape index (κ1) is 15.8. The van der Waals surface area contributed by atoms with E-state index in [1.807, 2.05) is 6.92 Å². The zero-order valence-corrected chi connectivity index (χ0v) is 12.0. The molecule has 2 atom stereocenters. The molecule has 6 nitrogen and oxygen atoms in total. The summed E-state index contributed by atoms with van der Waals surface area (Å²) in [4.78, 5) is 25.0. The Morgan fingerprint density at radius 3 is 2.21 bits per heavy atom. The number of hydrogen-bond acceptors (Lipinski definition) is 3. The largest absolute Gasteiger partial charge is 0.480 e. The molecule has 19 heavy (non-hydrogen) atoms. The van der Waals surface area contributed by atoms with E-state index in [4.69, 9.17) is 5.11 Å². The molecule has 1 heterocycles. The number of nitrogens with one attached hydrogen (secondary N) is 2. The Kier molecular flexibility index (Phi) is 6.08. The minimum Gasteiger partial charge on any atom is -0.480 e. The summed E-state index contributed by atoms with van der Waals surface area (Å²) in [5.74, 6) is -1.14. The van der Waals surface area contributed by atoms with Gasteiger partial charge in [-0.1, -0.05) is 13.8 Å². The van der Waals surface area contributed by atoms with Crippen molar-refractivity contribution in [2.45, 2.75) is 45.7 Å². The van der Waals surface area contributed by atoms with Crippen molar-refractivity contribution >= 4 is 12.0 Å². The first-order chi connectivity index (χ1) is 8.90. The normalized spacial score (nSPS) is 19.2. The molecular formula is C13H25N3O3. The molecule has 0 radical (unpaired) electrons. The smallest absolute Gasteiger partial charge is 0.326 e. The maximum Gasteiger partial charge on any atom is 0.326 e. The van der Waals surface area contributed by atoms with Gasteiger partial charge >= 0.3 is 12.0 Å². The minimum absolute atomic E-state index is 0.0136. The van der Waals surface area contributed by atoms with Crippen molar-refractivity contribution in [3.8, 4) is 0 Å². The van der Waals surface area contributed by atoms with Gasteiger partial charge in [0.2, 0.25) is 0 Å². The summed E-state index contributed by atoms with van der Waals surface area (Å²) in [5, 5.41) is 14.3. The zero-order chi connectivity index (χ0) is 14.4. The topological polar surface area (TPSA) is 81.7 Å². The highest BCUT2D eigenvalue weighted by Gasteiger charge is 2.24. The van der Waals surface area contributed by atoms with Crippen molar-refractivity contribution in [3.63, 3.8) is 0 Å². The zero-order valence-electron chi connectivity index (χ0n) is 12.0. The molecule has 0 aromatic heterocycles. The van der Waals surface area contributed by atoms with E-state index in [0.29, 0.717) is 0 Å². The van der Waals surface area contributed by atoms with Gasteiger partial charge in [0.25, 0.3) is 0 Å². The van der Waals surface area contributed by atoms with Crippen molar-refractivity contribution in [2.75, 3.05) is 19.6 Å². The van der Waals surface area contributed by atoms with Crippen LogP contribution in [0.3, 0.4) is 0 Å². The number of rotatable bonds is 6. The molecular weight excluding hydrogens is 246 g/mol. The molecule has 0 aromatic rings. The lowest BCUT2D eigenvalue weighted by atomic mass is 10.1. The molecule has 1 fully saturated rings. The van der Waals surface area contributed by atoms with Gasteiger partial charge in [0.1, 0.15) is 6.04 Å². The van der Waals surface area contributed by atoms with Crippen LogP contribution in [0.4, 0.5) is 4.79 Å². The molecule has 0 spiro atoms. The number of urea groups is 1. The number of likely N-dealkylation sites (tertiary alicyclic amines) is 1. The Balaban J connectivity index is 2.34. The van der Waals surface area contributed by atoms with E-state index in [9.17, 15) is 9.59 Å². The van der Waals surface area contributed by atoms with Gasteiger partial charge in [-0.25, -0.2) is 9.59 Å². The summed E-state index contributed by atoms with van der Waals surface area (Å²) in [7, 11) is 0. The fourth-order valence-electron chi connectivity index (χ4n) is 2.32. The Hall–Kier alpha value is -1.30. The van der Waals surface area contributed by atoms with Crippen LogP contribution in [0.5, 0.6) is 0 Å². The molecule has 1 rings (SSSR count). The van der Waals surface area contributed by atoms with Crippen molar-refractivity contribution in [3.05, 3.63) is 0 Å². The molecule has 2 amide bonds. The van der Waals surface area contributed by atoms with Gasteiger partial charge in [0, 0.05) is 12.6 Å². The van der Waals surface area contributed by atoms with E-state index in [0.717, 1.165) is 19.6 Å². The lowest BCUT2D eigenvalue weighted by Gasteiger charge is -2.23. The molecule has 1 unspecified atom stereocenters. The number of nitrogens with zero attached hydrogens (tertiary/aromatic N) is 1. The lowest BCUT2D eigenvalue weighted by molar-refractivity contribution is -0.140. The molecule has 0 bridgehead atoms. The van der Waals surface area contributed by atoms with Crippen molar-refractivity contribution < 1.29 is 14.7 Å². The summed E-state index contributed by atoms with van der Waals surface area (Å²) >= 11 is 0. The third-order valence-corrected chi connectivity index (χ3v) is 3.33. The second kappa shape index (κ2) is 7.33. The van der Waals surface area contributed by atoms with Gasteiger partial charge in [-0.15, -0.1) is 0 Å². The molecule has 3 N–H and O–H groups in total. The number of hydrogen-bond donors (Lipinski definition) is 3. The fraction of sp³-hybridized carbons (Fsp3) is 0.846. The van der Waals surface area contributed by atoms with Crippen LogP contribution in [0, 0.1) is 5.92 Å².